The largest absolute Gasteiger partial charge is 0.422 e. The molecule has 0 saturated heterocycles. The molecule has 186 valence electrons. The molecule has 5 nitrogen and oxygen atoms in total. The highest BCUT2D eigenvalue weighted by Crippen LogP contribution is 2.37. The summed E-state index contributed by atoms with van der Waals surface area (Å²) in [4.78, 5) is 18.0. The Balaban J connectivity index is 1.47. The van der Waals surface area contributed by atoms with E-state index in [1.54, 1.807) is 0 Å². The summed E-state index contributed by atoms with van der Waals surface area (Å²) in [5, 5.41) is 3.77. The number of para-hydroxylation sites is 1. The monoisotopic (exact) mass is 545 g/mol. The Hall–Kier alpha value is -3.12. The van der Waals surface area contributed by atoms with Crippen LogP contribution in [0.5, 0.6) is 5.75 Å². The van der Waals surface area contributed by atoms with Crippen LogP contribution in [0.2, 0.25) is 0 Å². The number of hydrogen-bond donors (Lipinski definition) is 1. The van der Waals surface area contributed by atoms with Gasteiger partial charge in [-0.05, 0) is 83.6 Å². The second kappa shape index (κ2) is 11.3. The van der Waals surface area contributed by atoms with E-state index in [9.17, 15) is 4.79 Å². The predicted molar refractivity (Wildman–Crippen MR) is 149 cm³/mol. The number of imidazole rings is 1. The van der Waals surface area contributed by atoms with Crippen LogP contribution in [0.15, 0.2) is 71.3 Å². The van der Waals surface area contributed by atoms with Crippen LogP contribution in [-0.2, 0) is 6.42 Å². The molecule has 1 aliphatic carbocycles. The number of nitrogens with zero attached hydrogens (tertiary/aromatic N) is 2. The van der Waals surface area contributed by atoms with E-state index in [2.05, 4.69) is 32.6 Å². The number of hydrogen-bond acceptors (Lipinski definition) is 4. The van der Waals surface area contributed by atoms with E-state index in [0.717, 1.165) is 59.3 Å². The molecular formula is C30H32BrN3O2. The molecule has 6 heteroatoms. The number of aromatic nitrogens is 2. The fraction of sp³-hybridized carbons (Fsp3) is 0.333. The Morgan fingerprint density at radius 3 is 2.61 bits per heavy atom. The van der Waals surface area contributed by atoms with Gasteiger partial charge in [-0.3, -0.25) is 4.40 Å². The van der Waals surface area contributed by atoms with Crippen molar-refractivity contribution >= 4 is 33.4 Å². The molecule has 1 fully saturated rings. The number of benzene rings is 2. The molecule has 1 aliphatic rings. The average molecular weight is 547 g/mol. The van der Waals surface area contributed by atoms with Gasteiger partial charge in [-0.1, -0.05) is 56.9 Å². The van der Waals surface area contributed by atoms with Crippen molar-refractivity contribution in [3.63, 3.8) is 0 Å². The van der Waals surface area contributed by atoms with Crippen molar-refractivity contribution in [3.8, 4) is 17.0 Å². The lowest BCUT2D eigenvalue weighted by atomic mass is 9.95. The van der Waals surface area contributed by atoms with E-state index in [4.69, 9.17) is 9.72 Å². The number of nitrogens with one attached hydrogen (secondary N) is 1. The highest BCUT2D eigenvalue weighted by Gasteiger charge is 2.22. The van der Waals surface area contributed by atoms with Crippen LogP contribution < -0.4 is 10.1 Å². The summed E-state index contributed by atoms with van der Waals surface area (Å²) >= 11 is 3.60. The third-order valence-electron chi connectivity index (χ3n) is 6.88. The average Bonchev–Trinajstić information content (AvgIpc) is 3.25. The van der Waals surface area contributed by atoms with E-state index in [0.29, 0.717) is 17.4 Å². The Labute approximate surface area is 221 Å². The number of anilines is 1. The maximum absolute atomic E-state index is 13.1. The molecule has 5 rings (SSSR count). The fourth-order valence-electron chi connectivity index (χ4n) is 4.88. The number of rotatable bonds is 8. The normalized spacial score (nSPS) is 14.2. The number of pyridine rings is 1. The molecule has 1 N–H and O–H groups in total. The number of carbonyl (C=O) groups is 1. The summed E-state index contributed by atoms with van der Waals surface area (Å²) in [7, 11) is 0. The SMILES string of the molecule is CCCCc1ccc(C(=O)Oc2ccccc2-c2nc3ccc(Br)cn3c2NC2CCCCC2)cc1. The van der Waals surface area contributed by atoms with Gasteiger partial charge < -0.3 is 10.1 Å². The lowest BCUT2D eigenvalue weighted by Crippen LogP contribution is -2.23. The summed E-state index contributed by atoms with van der Waals surface area (Å²) in [5.74, 6) is 1.08. The summed E-state index contributed by atoms with van der Waals surface area (Å²) in [6, 6.07) is 19.8. The van der Waals surface area contributed by atoms with Gasteiger partial charge in [0, 0.05) is 22.3 Å². The quantitative estimate of drug-likeness (QED) is 0.179. The van der Waals surface area contributed by atoms with Crippen molar-refractivity contribution in [1.82, 2.24) is 9.38 Å². The molecule has 0 radical (unpaired) electrons. The number of unbranched alkanes of at least 4 members (excludes halogenated alkanes) is 1. The molecule has 0 amide bonds. The molecule has 2 heterocycles. The second-order valence-electron chi connectivity index (χ2n) is 9.55. The Kier molecular flexibility index (Phi) is 7.71. The van der Waals surface area contributed by atoms with E-state index in [-0.39, 0.29) is 5.97 Å². The van der Waals surface area contributed by atoms with Crippen molar-refractivity contribution < 1.29 is 9.53 Å². The standard InChI is InChI=1S/C30H32BrN3O2/c1-2-3-9-21-14-16-22(17-15-21)30(35)36-26-13-8-7-12-25(26)28-29(32-24-10-5-4-6-11-24)34-20-23(31)18-19-27(34)33-28/h7-8,12-20,24,32H,2-6,9-11H2,1H3. The zero-order valence-corrected chi connectivity index (χ0v) is 22.3. The van der Waals surface area contributed by atoms with Crippen LogP contribution in [0.25, 0.3) is 16.9 Å². The van der Waals surface area contributed by atoms with Crippen LogP contribution in [0.1, 0.15) is 67.8 Å². The number of halogens is 1. The van der Waals surface area contributed by atoms with Gasteiger partial charge >= 0.3 is 5.97 Å². The molecule has 0 atom stereocenters. The maximum Gasteiger partial charge on any atom is 0.343 e. The smallest absolute Gasteiger partial charge is 0.343 e. The lowest BCUT2D eigenvalue weighted by Gasteiger charge is -2.24. The van der Waals surface area contributed by atoms with Crippen LogP contribution in [0.3, 0.4) is 0 Å². The van der Waals surface area contributed by atoms with Crippen LogP contribution in [0, 0.1) is 0 Å². The highest BCUT2D eigenvalue weighted by molar-refractivity contribution is 9.10. The minimum Gasteiger partial charge on any atom is -0.422 e. The number of fused-ring (bicyclic) bond motifs is 1. The lowest BCUT2D eigenvalue weighted by molar-refractivity contribution is 0.0735. The summed E-state index contributed by atoms with van der Waals surface area (Å²) in [6.07, 6.45) is 11.4. The van der Waals surface area contributed by atoms with E-state index in [1.165, 1.54) is 24.8 Å². The summed E-state index contributed by atoms with van der Waals surface area (Å²) < 4.78 is 9.01. The first-order chi connectivity index (χ1) is 17.6. The predicted octanol–water partition coefficient (Wildman–Crippen LogP) is 8.07. The van der Waals surface area contributed by atoms with E-state index < -0.39 is 0 Å². The third-order valence-corrected chi connectivity index (χ3v) is 7.35. The summed E-state index contributed by atoms with van der Waals surface area (Å²) in [5.41, 5.74) is 4.21. The number of carbonyl (C=O) groups excluding carboxylic acids is 1. The van der Waals surface area contributed by atoms with Crippen molar-refractivity contribution in [2.45, 2.75) is 64.3 Å². The van der Waals surface area contributed by atoms with Gasteiger partial charge in [0.1, 0.15) is 22.9 Å². The zero-order chi connectivity index (χ0) is 24.9. The van der Waals surface area contributed by atoms with Gasteiger partial charge in [0.25, 0.3) is 0 Å². The Morgan fingerprint density at radius 2 is 1.83 bits per heavy atom. The first-order valence-corrected chi connectivity index (χ1v) is 13.8. The highest BCUT2D eigenvalue weighted by atomic mass is 79.9. The maximum atomic E-state index is 13.1. The second-order valence-corrected chi connectivity index (χ2v) is 10.5. The van der Waals surface area contributed by atoms with Crippen molar-refractivity contribution in [2.24, 2.45) is 0 Å². The molecule has 4 aromatic rings. The van der Waals surface area contributed by atoms with Crippen LogP contribution in [-0.4, -0.2) is 21.4 Å². The fourth-order valence-corrected chi connectivity index (χ4v) is 5.22. The first-order valence-electron chi connectivity index (χ1n) is 13.0. The van der Waals surface area contributed by atoms with Gasteiger partial charge in [-0.2, -0.15) is 0 Å². The van der Waals surface area contributed by atoms with Crippen molar-refractivity contribution in [2.75, 3.05) is 5.32 Å². The molecule has 2 aromatic carbocycles. The topological polar surface area (TPSA) is 55.6 Å². The van der Waals surface area contributed by atoms with Crippen LogP contribution >= 0.6 is 15.9 Å². The number of esters is 1. The molecule has 36 heavy (non-hydrogen) atoms. The zero-order valence-electron chi connectivity index (χ0n) is 20.7. The van der Waals surface area contributed by atoms with Gasteiger partial charge in [-0.25, -0.2) is 9.78 Å². The van der Waals surface area contributed by atoms with Gasteiger partial charge in [-0.15, -0.1) is 0 Å². The summed E-state index contributed by atoms with van der Waals surface area (Å²) in [6.45, 7) is 2.18. The first kappa shape index (κ1) is 24.6. The minimum absolute atomic E-state index is 0.363. The van der Waals surface area contributed by atoms with Gasteiger partial charge in [0.2, 0.25) is 0 Å². The molecule has 0 spiro atoms. The molecular weight excluding hydrogens is 514 g/mol. The molecule has 0 aliphatic heterocycles. The van der Waals surface area contributed by atoms with Gasteiger partial charge in [0.05, 0.1) is 5.56 Å². The van der Waals surface area contributed by atoms with Gasteiger partial charge in [0.15, 0.2) is 0 Å². The molecule has 2 aromatic heterocycles. The molecule has 1 saturated carbocycles. The van der Waals surface area contributed by atoms with Crippen LogP contribution in [0.4, 0.5) is 5.82 Å². The van der Waals surface area contributed by atoms with E-state index in [1.807, 2.05) is 66.9 Å². The Morgan fingerprint density at radius 1 is 1.06 bits per heavy atom. The number of ether oxygens (including phenoxy) is 1. The number of aryl methyl sites for hydroxylation is 1. The van der Waals surface area contributed by atoms with E-state index >= 15 is 0 Å². The Bertz CT molecular complexity index is 1340. The van der Waals surface area contributed by atoms with Crippen molar-refractivity contribution in [1.29, 1.82) is 0 Å². The minimum atomic E-state index is -0.363. The molecule has 0 bridgehead atoms. The van der Waals surface area contributed by atoms with Crippen molar-refractivity contribution in [3.05, 3.63) is 82.5 Å². The molecule has 0 unspecified atom stereocenters. The third kappa shape index (κ3) is 5.49.